The lowest BCUT2D eigenvalue weighted by Crippen LogP contribution is -2.42. The molecule has 1 aromatic carbocycles. The smallest absolute Gasteiger partial charge is 0.281 e. The topological polar surface area (TPSA) is 101 Å². The van der Waals surface area contributed by atoms with Crippen LogP contribution in [0.15, 0.2) is 46.8 Å². The summed E-state index contributed by atoms with van der Waals surface area (Å²) >= 11 is 1.02. The number of benzene rings is 1. The van der Waals surface area contributed by atoms with Gasteiger partial charge in [0.1, 0.15) is 9.77 Å². The highest BCUT2D eigenvalue weighted by Crippen LogP contribution is 2.27. The molecule has 10 heteroatoms. The normalized spacial score (nSPS) is 14.9. The molecule has 1 aliphatic rings. The van der Waals surface area contributed by atoms with Crippen LogP contribution in [0, 0.1) is 0 Å². The number of sulfonamides is 1. The van der Waals surface area contributed by atoms with E-state index in [1.807, 2.05) is 35.9 Å². The van der Waals surface area contributed by atoms with Crippen LogP contribution in [0.25, 0.3) is 10.9 Å². The number of carbonyl (C=O) groups excluding carboxylic acids is 2. The molecule has 0 aliphatic carbocycles. The fraction of sp³-hybridized carbons (Fsp3) is 0.263. The van der Waals surface area contributed by atoms with E-state index >= 15 is 0 Å². The molecule has 3 aromatic rings. The number of nitrogens with zero attached hydrogens (tertiary/aromatic N) is 2. The van der Waals surface area contributed by atoms with E-state index in [4.69, 9.17) is 0 Å². The molecule has 2 aromatic heterocycles. The van der Waals surface area contributed by atoms with Gasteiger partial charge in [0.15, 0.2) is 0 Å². The van der Waals surface area contributed by atoms with Gasteiger partial charge in [-0.05, 0) is 30.4 Å². The van der Waals surface area contributed by atoms with Crippen molar-refractivity contribution < 1.29 is 18.0 Å². The van der Waals surface area contributed by atoms with E-state index in [2.05, 4.69) is 10.9 Å². The minimum atomic E-state index is -3.72. The zero-order valence-electron chi connectivity index (χ0n) is 15.7. The molecule has 0 radical (unpaired) electrons. The molecule has 2 N–H and O–H groups in total. The lowest BCUT2D eigenvalue weighted by atomic mass is 10.2. The lowest BCUT2D eigenvalue weighted by Gasteiger charge is -2.15. The average Bonchev–Trinajstić information content (AvgIpc) is 3.46. The highest BCUT2D eigenvalue weighted by atomic mass is 32.2. The summed E-state index contributed by atoms with van der Waals surface area (Å²) in [4.78, 5) is 25.2. The van der Waals surface area contributed by atoms with Crippen LogP contribution in [-0.2, 0) is 17.1 Å². The Bertz CT molecular complexity index is 1190. The number of amides is 2. The van der Waals surface area contributed by atoms with Crippen molar-refractivity contribution in [2.45, 2.75) is 17.7 Å². The van der Waals surface area contributed by atoms with Crippen molar-refractivity contribution in [1.29, 1.82) is 0 Å². The summed E-state index contributed by atoms with van der Waals surface area (Å²) in [6, 6.07) is 8.86. The summed E-state index contributed by atoms with van der Waals surface area (Å²) in [7, 11) is -1.89. The third kappa shape index (κ3) is 3.54. The lowest BCUT2D eigenvalue weighted by molar-refractivity contribution is 0.0848. The second-order valence-corrected chi connectivity index (χ2v) is 9.63. The van der Waals surface area contributed by atoms with Gasteiger partial charge in [-0.3, -0.25) is 20.4 Å². The SMILES string of the molecule is Cn1cc(C(=O)NNC(=O)c2sccc2S(=O)(=O)N2CCCC2)c2ccccc21. The maximum atomic E-state index is 12.8. The predicted molar refractivity (Wildman–Crippen MR) is 110 cm³/mol. The van der Waals surface area contributed by atoms with E-state index in [1.165, 1.54) is 10.4 Å². The van der Waals surface area contributed by atoms with E-state index in [1.54, 1.807) is 11.6 Å². The Morgan fingerprint density at radius 3 is 2.48 bits per heavy atom. The van der Waals surface area contributed by atoms with Crippen molar-refractivity contribution in [3.05, 3.63) is 52.3 Å². The van der Waals surface area contributed by atoms with Gasteiger partial charge in [-0.2, -0.15) is 4.31 Å². The Labute approximate surface area is 172 Å². The Hall–Kier alpha value is -2.69. The first-order valence-electron chi connectivity index (χ1n) is 9.12. The van der Waals surface area contributed by atoms with Crippen LogP contribution >= 0.6 is 11.3 Å². The van der Waals surface area contributed by atoms with Gasteiger partial charge >= 0.3 is 0 Å². The number of carbonyl (C=O) groups is 2. The van der Waals surface area contributed by atoms with Crippen LogP contribution in [0.3, 0.4) is 0 Å². The second-order valence-electron chi connectivity index (χ2n) is 6.80. The summed E-state index contributed by atoms with van der Waals surface area (Å²) in [6.07, 6.45) is 3.30. The molecule has 152 valence electrons. The van der Waals surface area contributed by atoms with Crippen LogP contribution in [-0.4, -0.2) is 42.2 Å². The first-order chi connectivity index (χ1) is 13.9. The first-order valence-corrected chi connectivity index (χ1v) is 11.4. The fourth-order valence-electron chi connectivity index (χ4n) is 3.49. The van der Waals surface area contributed by atoms with Gasteiger partial charge in [0.25, 0.3) is 11.8 Å². The molecule has 8 nitrogen and oxygen atoms in total. The number of fused-ring (bicyclic) bond motifs is 1. The Morgan fingerprint density at radius 1 is 1.03 bits per heavy atom. The number of nitrogens with one attached hydrogen (secondary N) is 2. The third-order valence-electron chi connectivity index (χ3n) is 4.95. The molecule has 4 rings (SSSR count). The maximum Gasteiger partial charge on any atom is 0.281 e. The van der Waals surface area contributed by atoms with Gasteiger partial charge in [0.05, 0.1) is 5.56 Å². The number of aromatic nitrogens is 1. The molecular formula is C19H20N4O4S2. The molecule has 0 unspecified atom stereocenters. The van der Waals surface area contributed by atoms with Crippen LogP contribution in [0.4, 0.5) is 0 Å². The third-order valence-corrected chi connectivity index (χ3v) is 7.93. The Balaban J connectivity index is 1.51. The standard InChI is InChI=1S/C19H20N4O4S2/c1-22-12-14(13-6-2-3-7-15(13)22)18(24)20-21-19(25)17-16(8-11-28-17)29(26,27)23-9-4-5-10-23/h2-3,6-8,11-12H,4-5,9-10H2,1H3,(H,20,24)(H,21,25). The molecule has 0 saturated carbocycles. The number of thiophene rings is 1. The summed E-state index contributed by atoms with van der Waals surface area (Å²) in [5, 5.41) is 2.32. The highest BCUT2D eigenvalue weighted by Gasteiger charge is 2.32. The zero-order valence-corrected chi connectivity index (χ0v) is 17.3. The maximum absolute atomic E-state index is 12.8. The fourth-order valence-corrected chi connectivity index (χ4v) is 6.31. The molecular weight excluding hydrogens is 412 g/mol. The number of hydrazine groups is 1. The largest absolute Gasteiger partial charge is 0.350 e. The van der Waals surface area contributed by atoms with Crippen LogP contribution in [0.1, 0.15) is 32.9 Å². The van der Waals surface area contributed by atoms with Gasteiger partial charge in [-0.15, -0.1) is 11.3 Å². The first kappa shape index (κ1) is 19.6. The Kier molecular flexibility index (Phi) is 5.15. The number of hydrogen-bond acceptors (Lipinski definition) is 5. The van der Waals surface area contributed by atoms with Crippen molar-refractivity contribution in [1.82, 2.24) is 19.7 Å². The van der Waals surface area contributed by atoms with E-state index in [9.17, 15) is 18.0 Å². The molecule has 0 bridgehead atoms. The summed E-state index contributed by atoms with van der Waals surface area (Å²) in [6.45, 7) is 0.911. The highest BCUT2D eigenvalue weighted by molar-refractivity contribution is 7.89. The van der Waals surface area contributed by atoms with Crippen LogP contribution in [0.2, 0.25) is 0 Å². The molecule has 1 aliphatic heterocycles. The number of aryl methyl sites for hydroxylation is 1. The van der Waals surface area contributed by atoms with Crippen molar-refractivity contribution >= 4 is 44.1 Å². The van der Waals surface area contributed by atoms with Crippen molar-refractivity contribution in [3.63, 3.8) is 0 Å². The molecule has 2 amide bonds. The summed E-state index contributed by atoms with van der Waals surface area (Å²) in [5.74, 6) is -1.14. The average molecular weight is 433 g/mol. The van der Waals surface area contributed by atoms with E-state index in [0.29, 0.717) is 18.7 Å². The van der Waals surface area contributed by atoms with Crippen molar-refractivity contribution in [2.75, 3.05) is 13.1 Å². The predicted octanol–water partition coefficient (Wildman–Crippen LogP) is 2.10. The van der Waals surface area contributed by atoms with Gasteiger partial charge in [-0.1, -0.05) is 18.2 Å². The van der Waals surface area contributed by atoms with Gasteiger partial charge in [-0.25, -0.2) is 8.42 Å². The Morgan fingerprint density at radius 2 is 1.72 bits per heavy atom. The van der Waals surface area contributed by atoms with E-state index in [0.717, 1.165) is 35.1 Å². The molecule has 0 spiro atoms. The molecule has 29 heavy (non-hydrogen) atoms. The summed E-state index contributed by atoms with van der Waals surface area (Å²) < 4.78 is 28.8. The monoisotopic (exact) mass is 432 g/mol. The van der Waals surface area contributed by atoms with Crippen molar-refractivity contribution in [2.24, 2.45) is 7.05 Å². The van der Waals surface area contributed by atoms with E-state index < -0.39 is 21.8 Å². The number of hydrogen-bond donors (Lipinski definition) is 2. The second kappa shape index (κ2) is 7.62. The molecule has 0 atom stereocenters. The van der Waals surface area contributed by atoms with E-state index in [-0.39, 0.29) is 9.77 Å². The van der Waals surface area contributed by atoms with Crippen molar-refractivity contribution in [3.8, 4) is 0 Å². The number of rotatable bonds is 4. The minimum Gasteiger partial charge on any atom is -0.350 e. The summed E-state index contributed by atoms with van der Waals surface area (Å²) in [5.41, 5.74) is 6.03. The zero-order chi connectivity index (χ0) is 20.6. The number of para-hydroxylation sites is 1. The van der Waals surface area contributed by atoms with Crippen LogP contribution < -0.4 is 10.9 Å². The van der Waals surface area contributed by atoms with Gasteiger partial charge in [0, 0.05) is 37.2 Å². The molecule has 1 fully saturated rings. The van der Waals surface area contributed by atoms with Crippen LogP contribution in [0.5, 0.6) is 0 Å². The van der Waals surface area contributed by atoms with Gasteiger partial charge < -0.3 is 4.57 Å². The molecule has 1 saturated heterocycles. The quantitative estimate of drug-likeness (QED) is 0.617. The minimum absolute atomic E-state index is 0.0266. The van der Waals surface area contributed by atoms with Gasteiger partial charge in [0.2, 0.25) is 10.0 Å². The molecule has 3 heterocycles.